The summed E-state index contributed by atoms with van der Waals surface area (Å²) >= 11 is 0. The number of aliphatic hydroxyl groups excluding tert-OH is 1. The van der Waals surface area contributed by atoms with Crippen LogP contribution in [0, 0.1) is 0 Å². The predicted octanol–water partition coefficient (Wildman–Crippen LogP) is 0.419. The largest absolute Gasteiger partial charge is 0.390 e. The van der Waals surface area contributed by atoms with Gasteiger partial charge in [0.1, 0.15) is 0 Å². The van der Waals surface area contributed by atoms with E-state index in [1.807, 2.05) is 0 Å². The molecule has 1 N–H and O–H groups in total. The number of hydrogen-bond acceptors (Lipinski definition) is 4. The fourth-order valence-electron chi connectivity index (χ4n) is 1.12. The maximum absolute atomic E-state index is 9.33. The van der Waals surface area contributed by atoms with Gasteiger partial charge in [-0.15, -0.1) is 0 Å². The highest BCUT2D eigenvalue weighted by atomic mass is 16.7. The van der Waals surface area contributed by atoms with Crippen LogP contribution < -0.4 is 0 Å². The van der Waals surface area contributed by atoms with E-state index in [4.69, 9.17) is 15.0 Å². The highest BCUT2D eigenvalue weighted by Gasteiger charge is 2.33. The molecule has 68 valence electrons. The third kappa shape index (κ3) is 2.09. The zero-order chi connectivity index (χ0) is 8.97. The number of rotatable bonds is 3. The van der Waals surface area contributed by atoms with Crippen LogP contribution in [0.3, 0.4) is 0 Å². The summed E-state index contributed by atoms with van der Waals surface area (Å²) < 4.78 is 10.1. The molecule has 0 aromatic heterocycles. The molecular formula is C6H11N3O3. The van der Waals surface area contributed by atoms with E-state index in [2.05, 4.69) is 10.0 Å². The molecule has 1 fully saturated rings. The van der Waals surface area contributed by atoms with Gasteiger partial charge in [-0.1, -0.05) is 5.11 Å². The van der Waals surface area contributed by atoms with Crippen molar-refractivity contribution < 1.29 is 14.6 Å². The first-order valence-electron chi connectivity index (χ1n) is 3.65. The van der Waals surface area contributed by atoms with Crippen LogP contribution in [0.2, 0.25) is 0 Å². The lowest BCUT2D eigenvalue weighted by molar-refractivity contribution is -0.114. The number of ether oxygens (including phenoxy) is 2. The standard InChI is InChI=1S/C6H11N3O3/c1-11-6-2-4(10)5(12-6)3-8-9-7/h4-6,10H,2-3H2,1H3/t4-,5-,6?/m1/s1. The molecule has 1 unspecified atom stereocenters. The average molecular weight is 173 g/mol. The van der Waals surface area contributed by atoms with Crippen molar-refractivity contribution >= 4 is 0 Å². The van der Waals surface area contributed by atoms with Crippen LogP contribution in [-0.2, 0) is 9.47 Å². The molecule has 1 heterocycles. The monoisotopic (exact) mass is 173 g/mol. The van der Waals surface area contributed by atoms with Crippen molar-refractivity contribution in [3.05, 3.63) is 10.4 Å². The number of azide groups is 1. The van der Waals surface area contributed by atoms with Gasteiger partial charge in [-0.2, -0.15) is 0 Å². The van der Waals surface area contributed by atoms with Crippen LogP contribution in [0.4, 0.5) is 0 Å². The first-order chi connectivity index (χ1) is 5.77. The van der Waals surface area contributed by atoms with E-state index < -0.39 is 12.2 Å². The molecule has 0 aromatic rings. The Kier molecular flexibility index (Phi) is 3.31. The first-order valence-corrected chi connectivity index (χ1v) is 3.65. The zero-order valence-corrected chi connectivity index (χ0v) is 6.75. The molecule has 12 heavy (non-hydrogen) atoms. The second kappa shape index (κ2) is 4.27. The van der Waals surface area contributed by atoms with Crippen LogP contribution in [0.1, 0.15) is 6.42 Å². The predicted molar refractivity (Wildman–Crippen MR) is 40.3 cm³/mol. The molecule has 0 radical (unpaired) electrons. The molecule has 1 aliphatic heterocycles. The van der Waals surface area contributed by atoms with Gasteiger partial charge in [0.2, 0.25) is 0 Å². The second-order valence-electron chi connectivity index (χ2n) is 2.56. The molecule has 1 saturated heterocycles. The quantitative estimate of drug-likeness (QED) is 0.381. The summed E-state index contributed by atoms with van der Waals surface area (Å²) in [5.74, 6) is 0. The Morgan fingerprint density at radius 3 is 3.08 bits per heavy atom. The van der Waals surface area contributed by atoms with E-state index >= 15 is 0 Å². The normalized spacial score (nSPS) is 34.7. The van der Waals surface area contributed by atoms with E-state index in [9.17, 15) is 5.11 Å². The van der Waals surface area contributed by atoms with Gasteiger partial charge in [-0.25, -0.2) is 0 Å². The second-order valence-corrected chi connectivity index (χ2v) is 2.56. The van der Waals surface area contributed by atoms with Gasteiger partial charge >= 0.3 is 0 Å². The highest BCUT2D eigenvalue weighted by Crippen LogP contribution is 2.20. The molecule has 0 saturated carbocycles. The number of methoxy groups -OCH3 is 1. The summed E-state index contributed by atoms with van der Waals surface area (Å²) in [6.45, 7) is 0.150. The van der Waals surface area contributed by atoms with Crippen LogP contribution in [-0.4, -0.2) is 37.3 Å². The molecule has 6 heteroatoms. The zero-order valence-electron chi connectivity index (χ0n) is 6.75. The summed E-state index contributed by atoms with van der Waals surface area (Å²) in [7, 11) is 1.51. The average Bonchev–Trinajstić information content (AvgIpc) is 2.43. The molecule has 1 rings (SSSR count). The van der Waals surface area contributed by atoms with Crippen LogP contribution >= 0.6 is 0 Å². The summed E-state index contributed by atoms with van der Waals surface area (Å²) in [5, 5.41) is 12.6. The van der Waals surface area contributed by atoms with Gasteiger partial charge in [0, 0.05) is 18.4 Å². The minimum absolute atomic E-state index is 0.150. The van der Waals surface area contributed by atoms with Gasteiger partial charge in [0.05, 0.1) is 18.8 Å². The third-order valence-electron chi connectivity index (χ3n) is 1.78. The molecule has 1 aliphatic rings. The fourth-order valence-corrected chi connectivity index (χ4v) is 1.12. The SMILES string of the molecule is COC1C[C@@H](O)[C@@H](CN=[N+]=[N-])O1. The van der Waals surface area contributed by atoms with Crippen molar-refractivity contribution in [3.8, 4) is 0 Å². The first kappa shape index (κ1) is 9.28. The van der Waals surface area contributed by atoms with E-state index in [-0.39, 0.29) is 12.8 Å². The Bertz CT molecular complexity index is 192. The lowest BCUT2D eigenvalue weighted by Gasteiger charge is -2.10. The fraction of sp³-hybridized carbons (Fsp3) is 1.00. The van der Waals surface area contributed by atoms with E-state index in [0.717, 1.165) is 0 Å². The van der Waals surface area contributed by atoms with Crippen molar-refractivity contribution in [1.29, 1.82) is 0 Å². The lowest BCUT2D eigenvalue weighted by Crippen LogP contribution is -2.23. The molecule has 3 atom stereocenters. The summed E-state index contributed by atoms with van der Waals surface area (Å²) in [4.78, 5) is 2.58. The molecular weight excluding hydrogens is 162 g/mol. The molecule has 0 spiro atoms. The van der Waals surface area contributed by atoms with E-state index in [1.54, 1.807) is 0 Å². The van der Waals surface area contributed by atoms with Crippen LogP contribution in [0.25, 0.3) is 10.4 Å². The number of aliphatic hydroxyl groups is 1. The molecule has 0 aromatic carbocycles. The minimum atomic E-state index is -0.597. The molecule has 0 bridgehead atoms. The Morgan fingerprint density at radius 2 is 2.58 bits per heavy atom. The third-order valence-corrected chi connectivity index (χ3v) is 1.78. The van der Waals surface area contributed by atoms with E-state index in [0.29, 0.717) is 6.42 Å². The van der Waals surface area contributed by atoms with Crippen LogP contribution in [0.5, 0.6) is 0 Å². The van der Waals surface area contributed by atoms with Gasteiger partial charge in [0.25, 0.3) is 0 Å². The molecule has 6 nitrogen and oxygen atoms in total. The number of nitrogens with zero attached hydrogens (tertiary/aromatic N) is 3. The topological polar surface area (TPSA) is 87.5 Å². The van der Waals surface area contributed by atoms with Gasteiger partial charge < -0.3 is 14.6 Å². The van der Waals surface area contributed by atoms with Gasteiger partial charge in [0.15, 0.2) is 6.29 Å². The maximum Gasteiger partial charge on any atom is 0.160 e. The molecule has 0 amide bonds. The van der Waals surface area contributed by atoms with Crippen molar-refractivity contribution in [2.45, 2.75) is 24.9 Å². The molecule has 0 aliphatic carbocycles. The summed E-state index contributed by atoms with van der Waals surface area (Å²) in [5.41, 5.74) is 8.03. The van der Waals surface area contributed by atoms with Gasteiger partial charge in [-0.05, 0) is 5.53 Å². The Balaban J connectivity index is 2.40. The highest BCUT2D eigenvalue weighted by molar-refractivity contribution is 4.79. The smallest absolute Gasteiger partial charge is 0.160 e. The summed E-state index contributed by atoms with van der Waals surface area (Å²) in [6, 6.07) is 0. The summed E-state index contributed by atoms with van der Waals surface area (Å²) in [6.07, 6.45) is -0.965. The van der Waals surface area contributed by atoms with E-state index in [1.165, 1.54) is 7.11 Å². The number of hydrogen-bond donors (Lipinski definition) is 1. The maximum atomic E-state index is 9.33. The Morgan fingerprint density at radius 1 is 1.83 bits per heavy atom. The van der Waals surface area contributed by atoms with Crippen LogP contribution in [0.15, 0.2) is 5.11 Å². The van der Waals surface area contributed by atoms with Crippen molar-refractivity contribution in [3.63, 3.8) is 0 Å². The minimum Gasteiger partial charge on any atom is -0.390 e. The van der Waals surface area contributed by atoms with Crippen molar-refractivity contribution in [2.24, 2.45) is 5.11 Å². The Hall–Kier alpha value is -0.810. The Labute approximate surface area is 69.7 Å². The van der Waals surface area contributed by atoms with Crippen molar-refractivity contribution in [2.75, 3.05) is 13.7 Å². The lowest BCUT2D eigenvalue weighted by atomic mass is 10.2. The van der Waals surface area contributed by atoms with Crippen molar-refractivity contribution in [1.82, 2.24) is 0 Å². The van der Waals surface area contributed by atoms with Gasteiger partial charge in [-0.3, -0.25) is 0 Å².